The largest absolute Gasteiger partial charge is 0.330 e. The standard InChI is InChI=1S/C8H17NO3S/c1-2-6-13(11,12)7-4-8(10)3-5-9/h2-7,9H2,1H3. The number of hydrogen-bond acceptors (Lipinski definition) is 4. The van der Waals surface area contributed by atoms with E-state index in [-0.39, 0.29) is 30.1 Å². The third kappa shape index (κ3) is 6.72. The second kappa shape index (κ2) is 6.10. The van der Waals surface area contributed by atoms with Crippen LogP contribution < -0.4 is 5.73 Å². The van der Waals surface area contributed by atoms with E-state index in [2.05, 4.69) is 0 Å². The molecule has 4 nitrogen and oxygen atoms in total. The molecule has 0 aliphatic heterocycles. The molecule has 0 unspecified atom stereocenters. The second-order valence-electron chi connectivity index (χ2n) is 2.98. The van der Waals surface area contributed by atoms with Gasteiger partial charge < -0.3 is 5.73 Å². The summed E-state index contributed by atoms with van der Waals surface area (Å²) in [5, 5.41) is 0. The highest BCUT2D eigenvalue weighted by Gasteiger charge is 2.11. The first-order valence-electron chi connectivity index (χ1n) is 4.44. The zero-order chi connectivity index (χ0) is 10.3. The van der Waals surface area contributed by atoms with Gasteiger partial charge in [-0.05, 0) is 13.0 Å². The van der Waals surface area contributed by atoms with Crippen molar-refractivity contribution in [3.8, 4) is 0 Å². The number of hydrogen-bond donors (Lipinski definition) is 1. The van der Waals surface area contributed by atoms with Gasteiger partial charge in [-0.2, -0.15) is 0 Å². The van der Waals surface area contributed by atoms with Gasteiger partial charge in [0.1, 0.15) is 5.78 Å². The average Bonchev–Trinajstić information content (AvgIpc) is 2.02. The summed E-state index contributed by atoms with van der Waals surface area (Å²) in [6, 6.07) is 0. The first-order chi connectivity index (χ1) is 6.02. The Bertz CT molecular complexity index is 246. The Morgan fingerprint density at radius 2 is 1.85 bits per heavy atom. The van der Waals surface area contributed by atoms with Crippen LogP contribution in [0.3, 0.4) is 0 Å². The van der Waals surface area contributed by atoms with E-state index in [1.165, 1.54) is 0 Å². The van der Waals surface area contributed by atoms with Gasteiger partial charge in [0, 0.05) is 18.6 Å². The van der Waals surface area contributed by atoms with Crippen molar-refractivity contribution < 1.29 is 13.2 Å². The Hall–Kier alpha value is -0.420. The van der Waals surface area contributed by atoms with Crippen LogP contribution in [0.2, 0.25) is 0 Å². The van der Waals surface area contributed by atoms with Crippen molar-refractivity contribution in [2.24, 2.45) is 5.73 Å². The lowest BCUT2D eigenvalue weighted by atomic mass is 10.2. The van der Waals surface area contributed by atoms with Crippen LogP contribution in [-0.4, -0.2) is 32.3 Å². The number of nitrogens with two attached hydrogens (primary N) is 1. The minimum atomic E-state index is -3.01. The molecule has 0 aromatic carbocycles. The van der Waals surface area contributed by atoms with Crippen LogP contribution in [0.25, 0.3) is 0 Å². The number of rotatable bonds is 7. The quantitative estimate of drug-likeness (QED) is 0.643. The lowest BCUT2D eigenvalue weighted by molar-refractivity contribution is -0.118. The van der Waals surface area contributed by atoms with E-state index in [4.69, 9.17) is 5.73 Å². The van der Waals surface area contributed by atoms with Crippen LogP contribution in [0.5, 0.6) is 0 Å². The van der Waals surface area contributed by atoms with Crippen LogP contribution in [0.1, 0.15) is 26.2 Å². The maximum atomic E-state index is 11.2. The maximum Gasteiger partial charge on any atom is 0.150 e. The minimum absolute atomic E-state index is 0.0281. The summed E-state index contributed by atoms with van der Waals surface area (Å²) in [5.41, 5.74) is 5.16. The van der Waals surface area contributed by atoms with Gasteiger partial charge in [0.15, 0.2) is 9.84 Å². The van der Waals surface area contributed by atoms with Gasteiger partial charge in [-0.3, -0.25) is 4.79 Å². The Labute approximate surface area is 79.4 Å². The number of sulfone groups is 1. The zero-order valence-corrected chi connectivity index (χ0v) is 8.77. The summed E-state index contributed by atoms with van der Waals surface area (Å²) in [7, 11) is -3.01. The predicted octanol–water partition coefficient (Wildman–Crippen LogP) is 0.119. The summed E-state index contributed by atoms with van der Waals surface area (Å²) in [6.07, 6.45) is 0.995. The van der Waals surface area contributed by atoms with Crippen molar-refractivity contribution in [3.63, 3.8) is 0 Å². The fraction of sp³-hybridized carbons (Fsp3) is 0.875. The molecule has 0 saturated carbocycles. The molecule has 2 N–H and O–H groups in total. The van der Waals surface area contributed by atoms with Gasteiger partial charge in [0.25, 0.3) is 0 Å². The molecule has 0 spiro atoms. The minimum Gasteiger partial charge on any atom is -0.330 e. The molecule has 0 fully saturated rings. The topological polar surface area (TPSA) is 77.2 Å². The van der Waals surface area contributed by atoms with Gasteiger partial charge in [-0.15, -0.1) is 0 Å². The predicted molar refractivity (Wildman–Crippen MR) is 52.2 cm³/mol. The summed E-state index contributed by atoms with van der Waals surface area (Å²) in [6.45, 7) is 2.10. The fourth-order valence-electron chi connectivity index (χ4n) is 0.968. The Morgan fingerprint density at radius 3 is 2.31 bits per heavy atom. The first-order valence-corrected chi connectivity index (χ1v) is 6.26. The maximum absolute atomic E-state index is 11.2. The van der Waals surface area contributed by atoms with Gasteiger partial charge in [0.2, 0.25) is 0 Å². The van der Waals surface area contributed by atoms with Crippen LogP contribution in [0.15, 0.2) is 0 Å². The number of Topliss-reactive ketones (excluding diaryl/α,β-unsaturated/α-hetero) is 1. The molecule has 13 heavy (non-hydrogen) atoms. The molecule has 0 radical (unpaired) electrons. The van der Waals surface area contributed by atoms with Crippen molar-refractivity contribution in [2.75, 3.05) is 18.1 Å². The van der Waals surface area contributed by atoms with E-state index >= 15 is 0 Å². The highest BCUT2D eigenvalue weighted by Crippen LogP contribution is 1.98. The normalized spacial score (nSPS) is 11.5. The molecule has 0 aromatic heterocycles. The summed E-state index contributed by atoms with van der Waals surface area (Å²) >= 11 is 0. The van der Waals surface area contributed by atoms with Gasteiger partial charge in [-0.1, -0.05) is 6.92 Å². The molecule has 0 saturated heterocycles. The van der Waals surface area contributed by atoms with Crippen molar-refractivity contribution in [3.05, 3.63) is 0 Å². The van der Waals surface area contributed by atoms with Gasteiger partial charge >= 0.3 is 0 Å². The van der Waals surface area contributed by atoms with Gasteiger partial charge in [-0.25, -0.2) is 8.42 Å². The molecule has 0 aliphatic rings. The summed E-state index contributed by atoms with van der Waals surface area (Å²) < 4.78 is 22.3. The highest BCUT2D eigenvalue weighted by atomic mass is 32.2. The SMILES string of the molecule is CCCS(=O)(=O)CCC(=O)CCN. The van der Waals surface area contributed by atoms with Crippen LogP contribution in [-0.2, 0) is 14.6 Å². The Balaban J connectivity index is 3.81. The molecule has 0 heterocycles. The monoisotopic (exact) mass is 207 g/mol. The summed E-state index contributed by atoms with van der Waals surface area (Å²) in [4.78, 5) is 10.9. The second-order valence-corrected chi connectivity index (χ2v) is 5.28. The van der Waals surface area contributed by atoms with E-state index in [0.29, 0.717) is 13.0 Å². The molecule has 0 amide bonds. The van der Waals surface area contributed by atoms with E-state index in [0.717, 1.165) is 0 Å². The molecule has 0 aliphatic carbocycles. The van der Waals surface area contributed by atoms with Crippen molar-refractivity contribution in [1.29, 1.82) is 0 Å². The molecule has 78 valence electrons. The number of carbonyl (C=O) groups is 1. The lowest BCUT2D eigenvalue weighted by Crippen LogP contribution is -2.16. The van der Waals surface area contributed by atoms with E-state index in [9.17, 15) is 13.2 Å². The average molecular weight is 207 g/mol. The third-order valence-corrected chi connectivity index (χ3v) is 3.49. The van der Waals surface area contributed by atoms with E-state index in [1.54, 1.807) is 6.92 Å². The first kappa shape index (κ1) is 12.6. The van der Waals surface area contributed by atoms with Crippen molar-refractivity contribution in [2.45, 2.75) is 26.2 Å². The van der Waals surface area contributed by atoms with Crippen LogP contribution in [0.4, 0.5) is 0 Å². The molecule has 0 bridgehead atoms. The Kier molecular flexibility index (Phi) is 5.90. The molecule has 5 heteroatoms. The highest BCUT2D eigenvalue weighted by molar-refractivity contribution is 7.91. The smallest absolute Gasteiger partial charge is 0.150 e. The molecular formula is C8H17NO3S. The molecular weight excluding hydrogens is 190 g/mol. The van der Waals surface area contributed by atoms with E-state index in [1.807, 2.05) is 0 Å². The molecule has 0 rings (SSSR count). The molecule has 0 aromatic rings. The van der Waals surface area contributed by atoms with Crippen LogP contribution >= 0.6 is 0 Å². The number of ketones is 1. The zero-order valence-electron chi connectivity index (χ0n) is 7.95. The van der Waals surface area contributed by atoms with Crippen molar-refractivity contribution in [1.82, 2.24) is 0 Å². The number of carbonyl (C=O) groups excluding carboxylic acids is 1. The van der Waals surface area contributed by atoms with Crippen molar-refractivity contribution >= 4 is 15.6 Å². The van der Waals surface area contributed by atoms with Crippen LogP contribution in [0, 0.1) is 0 Å². The summed E-state index contributed by atoms with van der Waals surface area (Å²) in [5.74, 6) is 0.0740. The third-order valence-electron chi connectivity index (χ3n) is 1.63. The van der Waals surface area contributed by atoms with Gasteiger partial charge in [0.05, 0.1) is 5.75 Å². The molecule has 0 atom stereocenters. The van der Waals surface area contributed by atoms with E-state index < -0.39 is 9.84 Å². The fourth-order valence-corrected chi connectivity index (χ4v) is 2.33. The lowest BCUT2D eigenvalue weighted by Gasteiger charge is -2.01. The Morgan fingerprint density at radius 1 is 1.23 bits per heavy atom.